The van der Waals surface area contributed by atoms with Gasteiger partial charge in [0.2, 0.25) is 5.91 Å². The Hall–Kier alpha value is -3.35. The Morgan fingerprint density at radius 3 is 2.18 bits per heavy atom. The van der Waals surface area contributed by atoms with Crippen LogP contribution in [0.1, 0.15) is 43.2 Å². The van der Waals surface area contributed by atoms with Crippen LogP contribution in [0.15, 0.2) is 48.5 Å². The van der Waals surface area contributed by atoms with E-state index in [9.17, 15) is 19.5 Å². The maximum absolute atomic E-state index is 12.8. The number of alkyl carbamates (subject to hydrolysis) is 1. The van der Waals surface area contributed by atoms with Gasteiger partial charge in [0.25, 0.3) is 0 Å². The highest BCUT2D eigenvalue weighted by molar-refractivity contribution is 5.81. The third-order valence-corrected chi connectivity index (χ3v) is 7.56. The first-order chi connectivity index (χ1) is 16.5. The van der Waals surface area contributed by atoms with Crippen molar-refractivity contribution >= 4 is 18.0 Å². The van der Waals surface area contributed by atoms with Gasteiger partial charge in [-0.15, -0.1) is 0 Å². The molecule has 7 heteroatoms. The lowest BCUT2D eigenvalue weighted by atomic mass is 9.98. The van der Waals surface area contributed by atoms with Gasteiger partial charge in [0.1, 0.15) is 6.61 Å². The van der Waals surface area contributed by atoms with Gasteiger partial charge in [0, 0.05) is 31.5 Å². The number of hydrogen-bond donors (Lipinski definition) is 2. The summed E-state index contributed by atoms with van der Waals surface area (Å²) in [4.78, 5) is 38.4. The molecule has 3 aliphatic rings. The van der Waals surface area contributed by atoms with E-state index in [1.165, 1.54) is 11.1 Å². The van der Waals surface area contributed by atoms with E-state index in [0.29, 0.717) is 19.5 Å². The van der Waals surface area contributed by atoms with Gasteiger partial charge in [-0.05, 0) is 40.5 Å². The average molecular weight is 463 g/mol. The minimum absolute atomic E-state index is 0.0112. The van der Waals surface area contributed by atoms with Crippen molar-refractivity contribution < 1.29 is 24.2 Å². The minimum atomic E-state index is -0.761. The fourth-order valence-electron chi connectivity index (χ4n) is 5.82. The summed E-state index contributed by atoms with van der Waals surface area (Å²) in [6.45, 7) is 3.26. The lowest BCUT2D eigenvalue weighted by molar-refractivity contribution is -0.141. The number of benzene rings is 2. The molecule has 3 atom stereocenters. The number of nitrogens with one attached hydrogen (secondary N) is 1. The largest absolute Gasteiger partial charge is 0.481 e. The van der Waals surface area contributed by atoms with E-state index in [1.807, 2.05) is 31.2 Å². The van der Waals surface area contributed by atoms with Crippen molar-refractivity contribution in [2.24, 2.45) is 17.8 Å². The van der Waals surface area contributed by atoms with Gasteiger partial charge in [-0.25, -0.2) is 4.79 Å². The second-order valence-corrected chi connectivity index (χ2v) is 9.65. The van der Waals surface area contributed by atoms with Crippen LogP contribution in [0.25, 0.3) is 11.1 Å². The van der Waals surface area contributed by atoms with Crippen LogP contribution in [0.5, 0.6) is 0 Å². The van der Waals surface area contributed by atoms with Crippen LogP contribution >= 0.6 is 0 Å². The minimum Gasteiger partial charge on any atom is -0.481 e. The molecule has 2 aromatic carbocycles. The fraction of sp³-hybridized carbons (Fsp3) is 0.444. The average Bonchev–Trinajstić information content (AvgIpc) is 3.18. The van der Waals surface area contributed by atoms with E-state index in [-0.39, 0.29) is 48.6 Å². The van der Waals surface area contributed by atoms with E-state index >= 15 is 0 Å². The predicted molar refractivity (Wildman–Crippen MR) is 126 cm³/mol. The maximum Gasteiger partial charge on any atom is 0.407 e. The van der Waals surface area contributed by atoms with Gasteiger partial charge in [-0.2, -0.15) is 0 Å². The number of amides is 2. The number of carbonyl (C=O) groups excluding carboxylic acids is 2. The number of piperidine rings is 1. The Morgan fingerprint density at radius 1 is 1.03 bits per heavy atom. The first-order valence-corrected chi connectivity index (χ1v) is 12.1. The molecule has 2 aromatic rings. The zero-order valence-electron chi connectivity index (χ0n) is 19.3. The summed E-state index contributed by atoms with van der Waals surface area (Å²) >= 11 is 0. The molecule has 5 rings (SSSR count). The normalized spacial score (nSPS) is 23.0. The molecule has 1 aliphatic heterocycles. The highest BCUT2D eigenvalue weighted by Gasteiger charge is 2.60. The van der Waals surface area contributed by atoms with E-state index in [4.69, 9.17) is 4.74 Å². The zero-order valence-corrected chi connectivity index (χ0v) is 19.3. The second-order valence-electron chi connectivity index (χ2n) is 9.65. The molecular weight excluding hydrogens is 432 g/mol. The number of nitrogens with zero attached hydrogens (tertiary/aromatic N) is 1. The first kappa shape index (κ1) is 22.4. The Morgan fingerprint density at radius 2 is 1.62 bits per heavy atom. The second kappa shape index (κ2) is 9.12. The standard InChI is InChI=1S/C27H30N2O5/c1-2-7-16(12-24(30)29-13-21-22(14-29)25(21)26(31)32)28-27(33)34-15-23-19-10-5-3-8-17(19)18-9-4-6-11-20(18)23/h3-6,8-11,16,21-23,25H,2,7,12-15H2,1H3,(H,28,33)(H,31,32). The lowest BCUT2D eigenvalue weighted by Gasteiger charge is -2.24. The number of carbonyl (C=O) groups is 3. The molecule has 2 amide bonds. The molecule has 7 nitrogen and oxygen atoms in total. The summed E-state index contributed by atoms with van der Waals surface area (Å²) in [5.74, 6) is -0.934. The summed E-state index contributed by atoms with van der Waals surface area (Å²) in [6.07, 6.45) is 1.20. The van der Waals surface area contributed by atoms with Gasteiger partial charge < -0.3 is 20.1 Å². The van der Waals surface area contributed by atoms with Crippen molar-refractivity contribution in [3.05, 3.63) is 59.7 Å². The molecule has 3 unspecified atom stereocenters. The highest BCUT2D eigenvalue weighted by atomic mass is 16.5. The van der Waals surface area contributed by atoms with E-state index in [0.717, 1.165) is 17.5 Å². The molecule has 0 radical (unpaired) electrons. The van der Waals surface area contributed by atoms with Gasteiger partial charge in [-0.3, -0.25) is 9.59 Å². The molecule has 2 fully saturated rings. The van der Waals surface area contributed by atoms with E-state index in [2.05, 4.69) is 29.6 Å². The highest BCUT2D eigenvalue weighted by Crippen LogP contribution is 2.51. The van der Waals surface area contributed by atoms with Gasteiger partial charge in [0.05, 0.1) is 5.92 Å². The van der Waals surface area contributed by atoms with Crippen molar-refractivity contribution in [1.29, 1.82) is 0 Å². The first-order valence-electron chi connectivity index (χ1n) is 12.1. The number of likely N-dealkylation sites (tertiary alicyclic amines) is 1. The Balaban J connectivity index is 1.16. The Bertz CT molecular complexity index is 1060. The number of rotatable bonds is 8. The van der Waals surface area contributed by atoms with Crippen LogP contribution in [0.4, 0.5) is 4.79 Å². The van der Waals surface area contributed by atoms with Crippen LogP contribution in [-0.4, -0.2) is 53.7 Å². The van der Waals surface area contributed by atoms with Gasteiger partial charge in [-0.1, -0.05) is 61.9 Å². The zero-order chi connectivity index (χ0) is 23.8. The van der Waals surface area contributed by atoms with E-state index < -0.39 is 12.1 Å². The van der Waals surface area contributed by atoms with Crippen LogP contribution in [0, 0.1) is 17.8 Å². The van der Waals surface area contributed by atoms with Crippen LogP contribution in [0.2, 0.25) is 0 Å². The molecular formula is C27H30N2O5. The molecule has 2 N–H and O–H groups in total. The molecule has 178 valence electrons. The number of fused-ring (bicyclic) bond motifs is 4. The maximum atomic E-state index is 12.8. The fourth-order valence-corrected chi connectivity index (χ4v) is 5.82. The predicted octanol–water partition coefficient (Wildman–Crippen LogP) is 3.87. The Labute approximate surface area is 199 Å². The number of ether oxygens (including phenoxy) is 1. The summed E-state index contributed by atoms with van der Waals surface area (Å²) in [5, 5.41) is 12.1. The van der Waals surface area contributed by atoms with Gasteiger partial charge >= 0.3 is 12.1 Å². The smallest absolute Gasteiger partial charge is 0.407 e. The number of hydrogen-bond acceptors (Lipinski definition) is 4. The Kier molecular flexibility index (Phi) is 6.02. The molecule has 34 heavy (non-hydrogen) atoms. The summed E-state index contributed by atoms with van der Waals surface area (Å²) in [6, 6.07) is 16.1. The number of carboxylic acids is 1. The third-order valence-electron chi connectivity index (χ3n) is 7.56. The topological polar surface area (TPSA) is 95.9 Å². The van der Waals surface area contributed by atoms with Crippen molar-refractivity contribution in [1.82, 2.24) is 10.2 Å². The summed E-state index contributed by atoms with van der Waals surface area (Å²) < 4.78 is 5.65. The summed E-state index contributed by atoms with van der Waals surface area (Å²) in [7, 11) is 0. The lowest BCUT2D eigenvalue weighted by Crippen LogP contribution is -2.41. The molecule has 0 spiro atoms. The van der Waals surface area contributed by atoms with Crippen molar-refractivity contribution in [3.8, 4) is 11.1 Å². The molecule has 1 saturated carbocycles. The molecule has 0 aromatic heterocycles. The monoisotopic (exact) mass is 462 g/mol. The van der Waals surface area contributed by atoms with Crippen molar-refractivity contribution in [2.45, 2.75) is 38.1 Å². The molecule has 1 saturated heterocycles. The quantitative estimate of drug-likeness (QED) is 0.621. The van der Waals surface area contributed by atoms with Crippen LogP contribution in [-0.2, 0) is 14.3 Å². The van der Waals surface area contributed by atoms with Crippen LogP contribution < -0.4 is 5.32 Å². The molecule has 0 bridgehead atoms. The number of carboxylic acid groups (broad SMARTS) is 1. The number of aliphatic carboxylic acids is 1. The molecule has 2 aliphatic carbocycles. The summed E-state index contributed by atoms with van der Waals surface area (Å²) in [5.41, 5.74) is 4.67. The van der Waals surface area contributed by atoms with Crippen molar-refractivity contribution in [3.63, 3.8) is 0 Å². The molecule has 1 heterocycles. The third kappa shape index (κ3) is 4.15. The van der Waals surface area contributed by atoms with E-state index in [1.54, 1.807) is 4.90 Å². The van der Waals surface area contributed by atoms with Gasteiger partial charge in [0.15, 0.2) is 0 Å². The van der Waals surface area contributed by atoms with Crippen LogP contribution in [0.3, 0.4) is 0 Å². The SMILES string of the molecule is CCCC(CC(=O)N1CC2C(C1)C2C(=O)O)NC(=O)OCC1c2ccccc2-c2ccccc21. The van der Waals surface area contributed by atoms with Crippen molar-refractivity contribution in [2.75, 3.05) is 19.7 Å².